The number of fused-ring (bicyclic) bond motifs is 1. The van der Waals surface area contributed by atoms with Gasteiger partial charge < -0.3 is 4.74 Å². The first kappa shape index (κ1) is 18.5. The first-order chi connectivity index (χ1) is 13.6. The van der Waals surface area contributed by atoms with E-state index in [4.69, 9.17) is 4.74 Å². The third-order valence-electron chi connectivity index (χ3n) is 4.81. The Morgan fingerprint density at radius 1 is 1.11 bits per heavy atom. The molecule has 28 heavy (non-hydrogen) atoms. The lowest BCUT2D eigenvalue weighted by molar-refractivity contribution is -0.141. The Hall–Kier alpha value is -2.86. The van der Waals surface area contributed by atoms with E-state index >= 15 is 0 Å². The molecule has 0 bridgehead atoms. The predicted octanol–water partition coefficient (Wildman–Crippen LogP) is 4.08. The largest absolute Gasteiger partial charge is 0.457 e. The van der Waals surface area contributed by atoms with Crippen molar-refractivity contribution in [1.29, 1.82) is 0 Å². The monoisotopic (exact) mass is 392 g/mol. The first-order valence-corrected chi connectivity index (χ1v) is 9.99. The van der Waals surface area contributed by atoms with Gasteiger partial charge in [0, 0.05) is 0 Å². The van der Waals surface area contributed by atoms with Crippen molar-refractivity contribution in [2.75, 3.05) is 0 Å². The van der Waals surface area contributed by atoms with Gasteiger partial charge in [-0.1, -0.05) is 72.4 Å². The normalized spacial score (nSPS) is 21.4. The fourth-order valence-corrected chi connectivity index (χ4v) is 4.44. The Bertz CT molecular complexity index is 970. The van der Waals surface area contributed by atoms with Gasteiger partial charge in [-0.3, -0.25) is 9.69 Å². The summed E-state index contributed by atoms with van der Waals surface area (Å²) in [6, 6.07) is 18.6. The summed E-state index contributed by atoms with van der Waals surface area (Å²) in [5.74, 6) is -0.492. The van der Waals surface area contributed by atoms with Crippen molar-refractivity contribution in [1.82, 2.24) is 4.90 Å². The lowest BCUT2D eigenvalue weighted by Crippen LogP contribution is -2.40. The van der Waals surface area contributed by atoms with Gasteiger partial charge in [0.15, 0.2) is 5.17 Å². The van der Waals surface area contributed by atoms with Crippen LogP contribution in [0.1, 0.15) is 31.0 Å². The zero-order valence-electron chi connectivity index (χ0n) is 15.7. The first-order valence-electron chi connectivity index (χ1n) is 9.11. The highest BCUT2D eigenvalue weighted by Crippen LogP contribution is 2.43. The second-order valence-electron chi connectivity index (χ2n) is 6.74. The third kappa shape index (κ3) is 3.36. The molecule has 0 N–H and O–H groups in total. The fourth-order valence-electron chi connectivity index (χ4n) is 3.42. The number of hydrogen-bond donors (Lipinski definition) is 0. The van der Waals surface area contributed by atoms with Crippen LogP contribution >= 0.6 is 11.8 Å². The van der Waals surface area contributed by atoms with Crippen LogP contribution in [-0.4, -0.2) is 27.2 Å². The minimum absolute atomic E-state index is 0.0431. The van der Waals surface area contributed by atoms with Crippen LogP contribution in [-0.2, 0) is 20.9 Å². The second kappa shape index (κ2) is 7.64. The van der Waals surface area contributed by atoms with Crippen molar-refractivity contribution >= 4 is 28.8 Å². The molecular weight excluding hydrogens is 372 g/mol. The smallest absolute Gasteiger partial charge is 0.338 e. The van der Waals surface area contributed by atoms with E-state index < -0.39 is 12.0 Å². The molecule has 2 aromatic rings. The van der Waals surface area contributed by atoms with Crippen molar-refractivity contribution < 1.29 is 14.3 Å². The minimum Gasteiger partial charge on any atom is -0.457 e. The molecule has 2 aliphatic rings. The summed E-state index contributed by atoms with van der Waals surface area (Å²) in [6.45, 7) is 3.83. The van der Waals surface area contributed by atoms with Crippen LogP contribution in [0.5, 0.6) is 0 Å². The van der Waals surface area contributed by atoms with Crippen molar-refractivity contribution in [2.24, 2.45) is 4.99 Å². The summed E-state index contributed by atoms with van der Waals surface area (Å²) in [5, 5.41) is 0.418. The predicted molar refractivity (Wildman–Crippen MR) is 109 cm³/mol. The van der Waals surface area contributed by atoms with Gasteiger partial charge in [0.25, 0.3) is 0 Å². The van der Waals surface area contributed by atoms with Crippen molar-refractivity contribution in [3.8, 4) is 0 Å². The van der Waals surface area contributed by atoms with Crippen LogP contribution in [0, 0.1) is 0 Å². The zero-order valence-corrected chi connectivity index (χ0v) is 16.5. The molecular formula is C22H20N2O3S. The third-order valence-corrected chi connectivity index (χ3v) is 5.86. The summed E-state index contributed by atoms with van der Waals surface area (Å²) >= 11 is 1.42. The number of hydrogen-bond acceptors (Lipinski definition) is 5. The molecule has 1 amide bonds. The molecule has 0 aromatic heterocycles. The number of amides is 1. The number of carbonyl (C=O) groups is 2. The van der Waals surface area contributed by atoms with E-state index in [9.17, 15) is 9.59 Å². The van der Waals surface area contributed by atoms with Crippen LogP contribution in [0.15, 0.2) is 76.9 Å². The average Bonchev–Trinajstić information content (AvgIpc) is 3.00. The molecule has 1 fully saturated rings. The maximum atomic E-state index is 13.0. The van der Waals surface area contributed by atoms with Crippen LogP contribution < -0.4 is 0 Å². The average molecular weight is 392 g/mol. The molecule has 142 valence electrons. The molecule has 0 unspecified atom stereocenters. The highest BCUT2D eigenvalue weighted by Gasteiger charge is 2.46. The molecule has 0 spiro atoms. The number of rotatable bonds is 4. The van der Waals surface area contributed by atoms with E-state index in [0.29, 0.717) is 16.4 Å². The maximum Gasteiger partial charge on any atom is 0.338 e. The van der Waals surface area contributed by atoms with Gasteiger partial charge in [0.1, 0.15) is 6.61 Å². The van der Waals surface area contributed by atoms with Crippen LogP contribution in [0.4, 0.5) is 0 Å². The Morgan fingerprint density at radius 2 is 1.75 bits per heavy atom. The summed E-state index contributed by atoms with van der Waals surface area (Å²) in [7, 11) is 0. The molecule has 0 saturated carbocycles. The van der Waals surface area contributed by atoms with Crippen molar-refractivity contribution in [2.45, 2.75) is 31.7 Å². The van der Waals surface area contributed by atoms with E-state index in [1.807, 2.05) is 67.6 Å². The molecule has 0 aliphatic carbocycles. The number of amidine groups is 1. The van der Waals surface area contributed by atoms with Gasteiger partial charge in [-0.2, -0.15) is 0 Å². The SMILES string of the molecule is CC1=C(C(=O)OCc2ccccc2)[C@H](c2ccccc2)N2C(=O)[C@@H](C)SC2=N1. The summed E-state index contributed by atoms with van der Waals surface area (Å²) in [5.41, 5.74) is 2.78. The van der Waals surface area contributed by atoms with E-state index in [2.05, 4.69) is 4.99 Å². The second-order valence-corrected chi connectivity index (χ2v) is 8.04. The Morgan fingerprint density at radius 3 is 2.43 bits per heavy atom. The molecule has 6 heteroatoms. The van der Waals surface area contributed by atoms with E-state index in [1.54, 1.807) is 11.8 Å². The lowest BCUT2D eigenvalue weighted by Gasteiger charge is -2.33. The summed E-state index contributed by atoms with van der Waals surface area (Å²) < 4.78 is 5.59. The van der Waals surface area contributed by atoms with Gasteiger partial charge in [-0.25, -0.2) is 9.79 Å². The van der Waals surface area contributed by atoms with E-state index in [-0.39, 0.29) is 17.8 Å². The number of aliphatic imine (C=N–C) groups is 1. The van der Waals surface area contributed by atoms with Crippen LogP contribution in [0.2, 0.25) is 0 Å². The molecule has 5 nitrogen and oxygen atoms in total. The topological polar surface area (TPSA) is 59.0 Å². The minimum atomic E-state index is -0.526. The zero-order chi connectivity index (χ0) is 19.7. The van der Waals surface area contributed by atoms with Gasteiger partial charge >= 0.3 is 5.97 Å². The van der Waals surface area contributed by atoms with Crippen LogP contribution in [0.3, 0.4) is 0 Å². The lowest BCUT2D eigenvalue weighted by atomic mass is 9.94. The van der Waals surface area contributed by atoms with Gasteiger partial charge in [-0.15, -0.1) is 0 Å². The molecule has 4 rings (SSSR count). The number of allylic oxidation sites excluding steroid dienone is 1. The summed E-state index contributed by atoms with van der Waals surface area (Å²) in [4.78, 5) is 32.1. The number of benzene rings is 2. The molecule has 2 heterocycles. The van der Waals surface area contributed by atoms with Crippen LogP contribution in [0.25, 0.3) is 0 Å². The van der Waals surface area contributed by atoms with Gasteiger partial charge in [-0.05, 0) is 25.0 Å². The molecule has 2 aromatic carbocycles. The number of thioether (sulfide) groups is 1. The molecule has 0 radical (unpaired) electrons. The summed E-state index contributed by atoms with van der Waals surface area (Å²) in [6.07, 6.45) is 0. The fraction of sp³-hybridized carbons (Fsp3) is 0.227. The number of carbonyl (C=O) groups excluding carboxylic acids is 2. The highest BCUT2D eigenvalue weighted by molar-refractivity contribution is 8.15. The quantitative estimate of drug-likeness (QED) is 0.736. The van der Waals surface area contributed by atoms with E-state index in [0.717, 1.165) is 11.1 Å². The number of ether oxygens (including phenoxy) is 1. The molecule has 2 aliphatic heterocycles. The maximum absolute atomic E-state index is 13.0. The van der Waals surface area contributed by atoms with Gasteiger partial charge in [0.05, 0.1) is 22.6 Å². The number of nitrogens with zero attached hydrogens (tertiary/aromatic N) is 2. The highest BCUT2D eigenvalue weighted by atomic mass is 32.2. The van der Waals surface area contributed by atoms with Crippen molar-refractivity contribution in [3.63, 3.8) is 0 Å². The van der Waals surface area contributed by atoms with Gasteiger partial charge in [0.2, 0.25) is 5.91 Å². The van der Waals surface area contributed by atoms with Crippen molar-refractivity contribution in [3.05, 3.63) is 83.1 Å². The van der Waals surface area contributed by atoms with E-state index in [1.165, 1.54) is 11.8 Å². The molecule has 2 atom stereocenters. The standard InChI is InChI=1S/C22H20N2O3S/c1-14-18(21(26)27-13-16-9-5-3-6-10-16)19(17-11-7-4-8-12-17)24-20(25)15(2)28-22(24)23-14/h3-12,15,19H,13H2,1-2H3/t15-,19+/m1/s1. The number of esters is 1. The Labute approximate surface area is 168 Å². The molecule has 1 saturated heterocycles. The Balaban J connectivity index is 1.70. The Kier molecular flexibility index (Phi) is 5.05.